The molecule has 1 aliphatic heterocycles. The second-order valence-electron chi connectivity index (χ2n) is 1.68. The van der Waals surface area contributed by atoms with Gasteiger partial charge in [0.2, 0.25) is 0 Å². The van der Waals surface area contributed by atoms with Gasteiger partial charge in [0, 0.05) is 9.89 Å². The van der Waals surface area contributed by atoms with Crippen molar-refractivity contribution in [2.24, 2.45) is 0 Å². The van der Waals surface area contributed by atoms with E-state index in [-0.39, 0.29) is 5.75 Å². The number of hydrogen-bond donors (Lipinski definition) is 0. The molecular weight excluding hydrogens is 192 g/mol. The van der Waals surface area contributed by atoms with Crippen molar-refractivity contribution in [2.45, 2.75) is 6.42 Å². The lowest BCUT2D eigenvalue weighted by Crippen LogP contribution is -1.92. The molecule has 4 heteroatoms. The van der Waals surface area contributed by atoms with E-state index in [2.05, 4.69) is 15.9 Å². The van der Waals surface area contributed by atoms with Gasteiger partial charge in [-0.05, 0) is 6.42 Å². The highest BCUT2D eigenvalue weighted by molar-refractivity contribution is 9.11. The van der Waals surface area contributed by atoms with E-state index in [4.69, 9.17) is 0 Å². The minimum absolute atomic E-state index is 0.271. The van der Waals surface area contributed by atoms with E-state index in [1.807, 2.05) is 0 Å². The lowest BCUT2D eigenvalue weighted by atomic mass is 10.5. The second kappa shape index (κ2) is 1.84. The summed E-state index contributed by atoms with van der Waals surface area (Å²) in [5, 5.41) is 1.27. The number of hydrogen-bond acceptors (Lipinski definition) is 2. The Morgan fingerprint density at radius 2 is 2.25 bits per heavy atom. The van der Waals surface area contributed by atoms with Gasteiger partial charge in [-0.15, -0.1) is 0 Å². The van der Waals surface area contributed by atoms with Gasteiger partial charge in [-0.2, -0.15) is 0 Å². The summed E-state index contributed by atoms with van der Waals surface area (Å²) in [5.74, 6) is 0.271. The van der Waals surface area contributed by atoms with Crippen LogP contribution in [0.15, 0.2) is 9.89 Å². The Morgan fingerprint density at radius 3 is 2.38 bits per heavy atom. The molecule has 0 atom stereocenters. The minimum atomic E-state index is -2.80. The van der Waals surface area contributed by atoms with E-state index in [1.165, 1.54) is 5.41 Å². The summed E-state index contributed by atoms with van der Waals surface area (Å²) < 4.78 is 21.9. The lowest BCUT2D eigenvalue weighted by molar-refractivity contribution is 0.606. The third-order valence-electron chi connectivity index (χ3n) is 0.933. The molecule has 0 aliphatic carbocycles. The predicted octanol–water partition coefficient (Wildman–Crippen LogP) is 1.04. The van der Waals surface area contributed by atoms with Gasteiger partial charge in [-0.25, -0.2) is 8.42 Å². The summed E-state index contributed by atoms with van der Waals surface area (Å²) in [6.07, 6.45) is 0.641. The van der Waals surface area contributed by atoms with Crippen molar-refractivity contribution >= 4 is 25.8 Å². The van der Waals surface area contributed by atoms with Crippen LogP contribution >= 0.6 is 15.9 Å². The minimum Gasteiger partial charge on any atom is -0.224 e. The van der Waals surface area contributed by atoms with Crippen LogP contribution in [0.25, 0.3) is 0 Å². The van der Waals surface area contributed by atoms with Crippen LogP contribution in [-0.2, 0) is 9.84 Å². The first-order valence-corrected chi connectivity index (χ1v) is 4.70. The Balaban J connectivity index is 3.00. The van der Waals surface area contributed by atoms with Crippen molar-refractivity contribution in [2.75, 3.05) is 5.75 Å². The highest BCUT2D eigenvalue weighted by Crippen LogP contribution is 2.20. The van der Waals surface area contributed by atoms with Crippen molar-refractivity contribution in [3.05, 3.63) is 9.89 Å². The SMILES string of the molecule is O=S1(=O)C=C(Br)CC1. The molecule has 0 aromatic heterocycles. The zero-order valence-corrected chi connectivity index (χ0v) is 6.50. The van der Waals surface area contributed by atoms with E-state index in [0.29, 0.717) is 6.42 Å². The van der Waals surface area contributed by atoms with Gasteiger partial charge in [-0.3, -0.25) is 0 Å². The predicted molar refractivity (Wildman–Crippen MR) is 35.4 cm³/mol. The third kappa shape index (κ3) is 1.32. The Morgan fingerprint density at radius 1 is 1.62 bits per heavy atom. The molecule has 1 heterocycles. The molecule has 46 valence electrons. The maximum Gasteiger partial charge on any atom is 0.172 e. The molecule has 0 spiro atoms. The van der Waals surface area contributed by atoms with Crippen LogP contribution in [0.5, 0.6) is 0 Å². The molecule has 0 aromatic rings. The quantitative estimate of drug-likeness (QED) is 0.581. The zero-order valence-electron chi connectivity index (χ0n) is 4.09. The fourth-order valence-electron chi connectivity index (χ4n) is 0.552. The number of sulfone groups is 1. The molecule has 0 fully saturated rings. The van der Waals surface area contributed by atoms with Gasteiger partial charge < -0.3 is 0 Å². The summed E-state index contributed by atoms with van der Waals surface area (Å²) in [5.41, 5.74) is 0. The molecule has 0 saturated carbocycles. The average Bonchev–Trinajstić information content (AvgIpc) is 1.82. The summed E-state index contributed by atoms with van der Waals surface area (Å²) >= 11 is 3.10. The molecule has 0 amide bonds. The molecule has 0 unspecified atom stereocenters. The van der Waals surface area contributed by atoms with Crippen LogP contribution in [0.1, 0.15) is 6.42 Å². The van der Waals surface area contributed by atoms with Crippen molar-refractivity contribution in [1.82, 2.24) is 0 Å². The Bertz CT molecular complexity index is 214. The van der Waals surface area contributed by atoms with Crippen molar-refractivity contribution in [3.63, 3.8) is 0 Å². The Labute approximate surface area is 56.6 Å². The monoisotopic (exact) mass is 196 g/mol. The average molecular weight is 197 g/mol. The van der Waals surface area contributed by atoms with Crippen molar-refractivity contribution in [3.8, 4) is 0 Å². The highest BCUT2D eigenvalue weighted by atomic mass is 79.9. The molecule has 0 aromatic carbocycles. The van der Waals surface area contributed by atoms with Gasteiger partial charge in [-0.1, -0.05) is 15.9 Å². The maximum absolute atomic E-state index is 10.5. The van der Waals surface area contributed by atoms with E-state index >= 15 is 0 Å². The van der Waals surface area contributed by atoms with Gasteiger partial charge in [0.05, 0.1) is 5.75 Å². The first kappa shape index (κ1) is 6.29. The van der Waals surface area contributed by atoms with Gasteiger partial charge in [0.15, 0.2) is 9.84 Å². The van der Waals surface area contributed by atoms with E-state index in [0.717, 1.165) is 4.48 Å². The fourth-order valence-corrected chi connectivity index (χ4v) is 3.00. The highest BCUT2D eigenvalue weighted by Gasteiger charge is 2.15. The second-order valence-corrected chi connectivity index (χ2v) is 4.67. The molecular formula is C4H5BrO2S. The molecule has 0 radical (unpaired) electrons. The molecule has 1 rings (SSSR count). The van der Waals surface area contributed by atoms with Crippen LogP contribution in [0.4, 0.5) is 0 Å². The maximum atomic E-state index is 10.5. The van der Waals surface area contributed by atoms with Crippen LogP contribution < -0.4 is 0 Å². The molecule has 1 aliphatic rings. The molecule has 0 N–H and O–H groups in total. The molecule has 0 saturated heterocycles. The van der Waals surface area contributed by atoms with Gasteiger partial charge >= 0.3 is 0 Å². The summed E-state index contributed by atoms with van der Waals surface area (Å²) in [7, 11) is -2.80. The molecule has 0 bridgehead atoms. The number of allylic oxidation sites excluding steroid dienone is 1. The van der Waals surface area contributed by atoms with E-state index < -0.39 is 9.84 Å². The normalized spacial score (nSPS) is 25.4. The Kier molecular flexibility index (Phi) is 1.45. The Hall–Kier alpha value is 0.170. The topological polar surface area (TPSA) is 34.1 Å². The number of rotatable bonds is 0. The van der Waals surface area contributed by atoms with Gasteiger partial charge in [0.1, 0.15) is 0 Å². The summed E-state index contributed by atoms with van der Waals surface area (Å²) in [4.78, 5) is 0. The van der Waals surface area contributed by atoms with E-state index in [9.17, 15) is 8.42 Å². The summed E-state index contributed by atoms with van der Waals surface area (Å²) in [6, 6.07) is 0. The first-order chi connectivity index (χ1) is 3.60. The van der Waals surface area contributed by atoms with Crippen LogP contribution in [0.2, 0.25) is 0 Å². The van der Waals surface area contributed by atoms with Crippen molar-refractivity contribution in [1.29, 1.82) is 0 Å². The standard InChI is InChI=1S/C4H5BrO2S/c5-4-1-2-8(6,7)3-4/h3H,1-2H2. The lowest BCUT2D eigenvalue weighted by Gasteiger charge is -1.79. The number of halogens is 1. The van der Waals surface area contributed by atoms with Gasteiger partial charge in [0.25, 0.3) is 0 Å². The molecule has 2 nitrogen and oxygen atoms in total. The first-order valence-electron chi connectivity index (χ1n) is 2.19. The smallest absolute Gasteiger partial charge is 0.172 e. The van der Waals surface area contributed by atoms with Crippen LogP contribution in [0, 0.1) is 0 Å². The van der Waals surface area contributed by atoms with Crippen molar-refractivity contribution < 1.29 is 8.42 Å². The molecule has 8 heavy (non-hydrogen) atoms. The zero-order chi connectivity index (χ0) is 6.20. The van der Waals surface area contributed by atoms with Crippen LogP contribution in [0.3, 0.4) is 0 Å². The van der Waals surface area contributed by atoms with E-state index in [1.54, 1.807) is 0 Å². The van der Waals surface area contributed by atoms with Crippen LogP contribution in [-0.4, -0.2) is 14.2 Å². The summed E-state index contributed by atoms with van der Waals surface area (Å²) in [6.45, 7) is 0. The largest absolute Gasteiger partial charge is 0.224 e. The third-order valence-corrected chi connectivity index (χ3v) is 3.28. The fraction of sp³-hybridized carbons (Fsp3) is 0.500.